The zero-order valence-corrected chi connectivity index (χ0v) is 12.6. The summed E-state index contributed by atoms with van der Waals surface area (Å²) >= 11 is 0. The molecule has 1 aliphatic heterocycles. The Morgan fingerprint density at radius 2 is 2.05 bits per heavy atom. The summed E-state index contributed by atoms with van der Waals surface area (Å²) in [5, 5.41) is 8.79. The van der Waals surface area contributed by atoms with Crippen molar-refractivity contribution in [2.45, 2.75) is 39.0 Å². The molecule has 2 atom stereocenters. The molecule has 21 heavy (non-hydrogen) atoms. The zero-order chi connectivity index (χ0) is 15.2. The van der Waals surface area contributed by atoms with Gasteiger partial charge in [-0.3, -0.25) is 4.90 Å². The molecule has 1 fully saturated rings. The Labute approximate surface area is 125 Å². The first-order valence-corrected chi connectivity index (χ1v) is 7.34. The van der Waals surface area contributed by atoms with E-state index in [2.05, 4.69) is 30.6 Å². The fourth-order valence-corrected chi connectivity index (χ4v) is 2.67. The van der Waals surface area contributed by atoms with Gasteiger partial charge in [0.15, 0.2) is 0 Å². The van der Waals surface area contributed by atoms with Crippen molar-refractivity contribution in [3.05, 3.63) is 35.1 Å². The van der Waals surface area contributed by atoms with Gasteiger partial charge < -0.3 is 9.84 Å². The van der Waals surface area contributed by atoms with Gasteiger partial charge in [0.1, 0.15) is 5.82 Å². The molecule has 0 unspecified atom stereocenters. The molecule has 1 aromatic rings. The quantitative estimate of drug-likeness (QED) is 0.866. The van der Waals surface area contributed by atoms with Crippen LogP contribution < -0.4 is 0 Å². The third kappa shape index (κ3) is 4.82. The van der Waals surface area contributed by atoms with Crippen LogP contribution in [0.15, 0.2) is 18.2 Å². The molecule has 1 saturated heterocycles. The van der Waals surface area contributed by atoms with Gasteiger partial charge in [-0.2, -0.15) is 0 Å². The van der Waals surface area contributed by atoms with Crippen molar-refractivity contribution in [2.75, 3.05) is 19.7 Å². The van der Waals surface area contributed by atoms with Crippen LogP contribution in [-0.4, -0.2) is 41.9 Å². The van der Waals surface area contributed by atoms with Gasteiger partial charge >= 0.3 is 0 Å². The lowest BCUT2D eigenvalue weighted by molar-refractivity contribution is -0.0705. The molecule has 0 saturated carbocycles. The molecule has 0 radical (unpaired) electrons. The molecular weight excluding hydrogens is 269 g/mol. The van der Waals surface area contributed by atoms with Crippen LogP contribution in [0, 0.1) is 17.7 Å². The van der Waals surface area contributed by atoms with Gasteiger partial charge in [-0.25, -0.2) is 4.39 Å². The topological polar surface area (TPSA) is 32.7 Å². The van der Waals surface area contributed by atoms with Gasteiger partial charge in [0.05, 0.1) is 18.8 Å². The largest absolute Gasteiger partial charge is 0.395 e. The Balaban J connectivity index is 2.14. The Bertz CT molecular complexity index is 525. The molecule has 0 aromatic heterocycles. The van der Waals surface area contributed by atoms with Gasteiger partial charge in [0.2, 0.25) is 0 Å². The van der Waals surface area contributed by atoms with E-state index in [-0.39, 0.29) is 24.6 Å². The molecule has 1 aromatic carbocycles. The lowest BCUT2D eigenvalue weighted by Crippen LogP contribution is -2.44. The Hall–Kier alpha value is -1.41. The number of ether oxygens (including phenoxy) is 1. The second-order valence-electron chi connectivity index (χ2n) is 5.53. The Kier molecular flexibility index (Phi) is 5.75. The van der Waals surface area contributed by atoms with Gasteiger partial charge in [-0.05, 0) is 31.5 Å². The zero-order valence-electron chi connectivity index (χ0n) is 12.6. The number of rotatable bonds is 3. The number of nitrogens with zero attached hydrogens (tertiary/aromatic N) is 1. The van der Waals surface area contributed by atoms with Crippen molar-refractivity contribution in [3.8, 4) is 11.8 Å². The van der Waals surface area contributed by atoms with Crippen LogP contribution in [0.5, 0.6) is 0 Å². The Morgan fingerprint density at radius 1 is 1.33 bits per heavy atom. The van der Waals surface area contributed by atoms with E-state index in [1.165, 1.54) is 12.1 Å². The number of hydrogen-bond acceptors (Lipinski definition) is 3. The fourth-order valence-electron chi connectivity index (χ4n) is 2.67. The summed E-state index contributed by atoms with van der Waals surface area (Å²) in [4.78, 5) is 2.31. The number of hydrogen-bond donors (Lipinski definition) is 1. The smallest absolute Gasteiger partial charge is 0.124 e. The maximum Gasteiger partial charge on any atom is 0.124 e. The van der Waals surface area contributed by atoms with Crippen molar-refractivity contribution in [2.24, 2.45) is 0 Å². The van der Waals surface area contributed by atoms with E-state index in [0.717, 1.165) is 25.2 Å². The molecule has 2 rings (SSSR count). The first-order chi connectivity index (χ1) is 10.1. The molecule has 1 aliphatic rings. The van der Waals surface area contributed by atoms with E-state index in [1.54, 1.807) is 6.07 Å². The molecule has 0 bridgehead atoms. The second-order valence-corrected chi connectivity index (χ2v) is 5.53. The minimum Gasteiger partial charge on any atom is -0.395 e. The lowest BCUT2D eigenvalue weighted by Gasteiger charge is -2.35. The molecule has 1 heterocycles. The lowest BCUT2D eigenvalue weighted by atomic mass is 10.1. The molecule has 114 valence electrons. The van der Waals surface area contributed by atoms with Crippen molar-refractivity contribution in [3.63, 3.8) is 0 Å². The van der Waals surface area contributed by atoms with Crippen LogP contribution in [-0.2, 0) is 11.3 Å². The van der Waals surface area contributed by atoms with Gasteiger partial charge in [0.25, 0.3) is 0 Å². The normalized spacial score (nSPS) is 22.7. The van der Waals surface area contributed by atoms with Crippen molar-refractivity contribution in [1.29, 1.82) is 0 Å². The van der Waals surface area contributed by atoms with Crippen LogP contribution in [0.1, 0.15) is 31.4 Å². The second kappa shape index (κ2) is 7.56. The predicted molar refractivity (Wildman–Crippen MR) is 80.3 cm³/mol. The van der Waals surface area contributed by atoms with E-state index >= 15 is 0 Å². The van der Waals surface area contributed by atoms with E-state index in [1.807, 2.05) is 0 Å². The molecule has 3 nitrogen and oxygen atoms in total. The predicted octanol–water partition coefficient (Wildman–Crippen LogP) is 2.17. The van der Waals surface area contributed by atoms with Crippen LogP contribution in [0.2, 0.25) is 0 Å². The van der Waals surface area contributed by atoms with Gasteiger partial charge in [-0.15, -0.1) is 0 Å². The first kappa shape index (κ1) is 16.0. The minimum absolute atomic E-state index is 0.0240. The number of benzene rings is 1. The summed E-state index contributed by atoms with van der Waals surface area (Å²) in [5.74, 6) is 5.54. The number of halogens is 1. The molecule has 1 N–H and O–H groups in total. The average molecular weight is 291 g/mol. The van der Waals surface area contributed by atoms with Crippen molar-refractivity contribution >= 4 is 0 Å². The van der Waals surface area contributed by atoms with Gasteiger partial charge in [0, 0.05) is 31.6 Å². The summed E-state index contributed by atoms with van der Waals surface area (Å²) in [5.41, 5.74) is 1.72. The number of aliphatic hydroxyl groups excluding tert-OH is 1. The van der Waals surface area contributed by atoms with E-state index in [9.17, 15) is 4.39 Å². The third-order valence-electron chi connectivity index (χ3n) is 3.42. The van der Waals surface area contributed by atoms with Crippen LogP contribution in [0.25, 0.3) is 0 Å². The highest BCUT2D eigenvalue weighted by atomic mass is 19.1. The van der Waals surface area contributed by atoms with Crippen molar-refractivity contribution < 1.29 is 14.2 Å². The fraction of sp³-hybridized carbons (Fsp3) is 0.529. The number of morpholine rings is 1. The number of aliphatic hydroxyl groups is 1. The molecule has 4 heteroatoms. The molecule has 0 spiro atoms. The highest BCUT2D eigenvalue weighted by molar-refractivity contribution is 5.41. The monoisotopic (exact) mass is 291 g/mol. The highest BCUT2D eigenvalue weighted by Crippen LogP contribution is 2.17. The van der Waals surface area contributed by atoms with Crippen LogP contribution in [0.3, 0.4) is 0 Å². The minimum atomic E-state index is -0.282. The maximum atomic E-state index is 13.4. The maximum absolute atomic E-state index is 13.4. The third-order valence-corrected chi connectivity index (χ3v) is 3.42. The average Bonchev–Trinajstić information content (AvgIpc) is 2.41. The SMILES string of the molecule is C[C@@H]1CN(Cc2ccc(F)cc2C#CCCO)C[C@H](C)O1. The van der Waals surface area contributed by atoms with Gasteiger partial charge in [-0.1, -0.05) is 17.9 Å². The standard InChI is InChI=1S/C17H22FNO2/c1-13-10-19(11-14(2)21-13)12-16-6-7-17(18)9-15(16)5-3-4-8-20/h6-7,9,13-14,20H,4,8,10-12H2,1-2H3/t13-,14+. The van der Waals surface area contributed by atoms with Crippen LogP contribution >= 0.6 is 0 Å². The molecule has 0 aliphatic carbocycles. The first-order valence-electron chi connectivity index (χ1n) is 7.34. The summed E-state index contributed by atoms with van der Waals surface area (Å²) in [6.07, 6.45) is 0.818. The van der Waals surface area contributed by atoms with E-state index in [4.69, 9.17) is 9.84 Å². The summed E-state index contributed by atoms with van der Waals surface area (Å²) < 4.78 is 19.1. The van der Waals surface area contributed by atoms with Crippen LogP contribution in [0.4, 0.5) is 4.39 Å². The Morgan fingerprint density at radius 3 is 2.71 bits per heavy atom. The van der Waals surface area contributed by atoms with E-state index < -0.39 is 0 Å². The van der Waals surface area contributed by atoms with Crippen molar-refractivity contribution in [1.82, 2.24) is 4.90 Å². The summed E-state index contributed by atoms with van der Waals surface area (Å²) in [6, 6.07) is 4.73. The molecular formula is C17H22FNO2. The summed E-state index contributed by atoms with van der Waals surface area (Å²) in [6.45, 7) is 6.62. The highest BCUT2D eigenvalue weighted by Gasteiger charge is 2.22. The summed E-state index contributed by atoms with van der Waals surface area (Å²) in [7, 11) is 0. The van der Waals surface area contributed by atoms with E-state index in [0.29, 0.717) is 12.0 Å². The molecule has 0 amide bonds.